The van der Waals surface area contributed by atoms with Gasteiger partial charge in [0.05, 0.1) is 0 Å². The smallest absolute Gasteiger partial charge is 0.126 e. The maximum atomic E-state index is 9.44. The molecule has 0 N–H and O–H groups in total. The normalized spacial score (nSPS) is 40.5. The Hall–Kier alpha value is -1.63. The van der Waals surface area contributed by atoms with Gasteiger partial charge in [-0.2, -0.15) is 0 Å². The second kappa shape index (κ2) is 12.5. The number of rotatable bonds is 1. The third-order valence-corrected chi connectivity index (χ3v) is 11.0. The Morgan fingerprint density at radius 1 is 0.667 bits per heavy atom. The predicted octanol–water partition coefficient (Wildman–Crippen LogP) is 11.0. The fourth-order valence-corrected chi connectivity index (χ4v) is 10.5. The molecule has 0 heterocycles. The van der Waals surface area contributed by atoms with Crippen molar-refractivity contribution in [3.63, 3.8) is 0 Å². The highest BCUT2D eigenvalue weighted by molar-refractivity contribution is 5.72. The summed E-state index contributed by atoms with van der Waals surface area (Å²) in [6, 6.07) is 0. The van der Waals surface area contributed by atoms with Crippen LogP contribution in [0.3, 0.4) is 0 Å². The van der Waals surface area contributed by atoms with Crippen LogP contribution in [0.15, 0.2) is 59.3 Å². The molecule has 8 saturated carbocycles. The van der Waals surface area contributed by atoms with E-state index in [2.05, 4.69) is 63.3 Å². The van der Waals surface area contributed by atoms with E-state index in [0.29, 0.717) is 5.41 Å². The molecule has 1 nitrogen and oxygen atoms in total. The van der Waals surface area contributed by atoms with Gasteiger partial charge in [-0.15, -0.1) is 0 Å². The molecule has 8 bridgehead atoms. The summed E-state index contributed by atoms with van der Waals surface area (Å²) in [5.74, 6) is 6.77. The van der Waals surface area contributed by atoms with Crippen molar-refractivity contribution in [2.45, 2.75) is 126 Å². The molecule has 0 aliphatic heterocycles. The Labute approximate surface area is 241 Å². The highest BCUT2D eigenvalue weighted by Crippen LogP contribution is 2.63. The molecule has 1 heteroatoms. The molecule has 0 radical (unpaired) electrons. The molecule has 39 heavy (non-hydrogen) atoms. The first-order chi connectivity index (χ1) is 18.1. The van der Waals surface area contributed by atoms with E-state index in [0.717, 1.165) is 47.3 Å². The average molecular weight is 531 g/mol. The number of Topliss-reactive ketones (excluding diaryl/α,β-unsaturated/α-hetero) is 1. The molecule has 0 aromatic heterocycles. The predicted molar refractivity (Wildman–Crippen MR) is 168 cm³/mol. The van der Waals surface area contributed by atoms with E-state index < -0.39 is 0 Å². The quantitative estimate of drug-likeness (QED) is 0.329. The van der Waals surface area contributed by atoms with Crippen molar-refractivity contribution in [1.29, 1.82) is 0 Å². The summed E-state index contributed by atoms with van der Waals surface area (Å²) in [5, 5.41) is 0. The zero-order valence-electron chi connectivity index (χ0n) is 25.1. The minimum Gasteiger partial charge on any atom is -0.300 e. The van der Waals surface area contributed by atoms with Crippen LogP contribution in [-0.2, 0) is 4.79 Å². The molecule has 0 atom stereocenters. The Morgan fingerprint density at radius 3 is 1.33 bits per heavy atom. The molecule has 0 unspecified atom stereocenters. The van der Waals surface area contributed by atoms with Gasteiger partial charge in [-0.1, -0.05) is 62.5 Å². The van der Waals surface area contributed by atoms with Gasteiger partial charge in [-0.3, -0.25) is 0 Å². The van der Waals surface area contributed by atoms with Crippen LogP contribution in [0.5, 0.6) is 0 Å². The van der Waals surface area contributed by atoms with Crippen LogP contribution >= 0.6 is 0 Å². The van der Waals surface area contributed by atoms with Crippen molar-refractivity contribution in [3.8, 4) is 0 Å². The van der Waals surface area contributed by atoms with E-state index in [1.54, 1.807) is 63.4 Å². The molecule has 0 amide bonds. The second-order valence-corrected chi connectivity index (χ2v) is 15.3. The SMILES string of the molecule is C.C1=CCC=C1.CC(C)=C1C=CC(C23CC4CC(CC(C4)C2)C3)=C1.CC(C)=O.CC12CC3CC(CC(C3)C1)C2. The highest BCUT2D eigenvalue weighted by Gasteiger charge is 2.52. The monoisotopic (exact) mass is 530 g/mol. The van der Waals surface area contributed by atoms with Gasteiger partial charge in [0.25, 0.3) is 0 Å². The van der Waals surface area contributed by atoms with Crippen molar-refractivity contribution >= 4 is 5.78 Å². The minimum absolute atomic E-state index is 0. The van der Waals surface area contributed by atoms with Gasteiger partial charge in [-0.25, -0.2) is 0 Å². The number of carbonyl (C=O) groups excluding carboxylic acids is 1. The van der Waals surface area contributed by atoms with E-state index in [4.69, 9.17) is 0 Å². The molecule has 0 spiro atoms. The maximum absolute atomic E-state index is 9.44. The fraction of sp³-hybridized carbons (Fsp3) is 0.711. The van der Waals surface area contributed by atoms with Crippen molar-refractivity contribution in [1.82, 2.24) is 0 Å². The first-order valence-corrected chi connectivity index (χ1v) is 16.0. The summed E-state index contributed by atoms with van der Waals surface area (Å²) in [6.07, 6.45) is 35.4. The lowest BCUT2D eigenvalue weighted by Crippen LogP contribution is -2.46. The Morgan fingerprint density at radius 2 is 1.05 bits per heavy atom. The number of ketones is 1. The van der Waals surface area contributed by atoms with Crippen molar-refractivity contribution < 1.29 is 4.79 Å². The summed E-state index contributed by atoms with van der Waals surface area (Å²) in [7, 11) is 0. The lowest BCUT2D eigenvalue weighted by molar-refractivity contribution is -0.115. The van der Waals surface area contributed by atoms with Gasteiger partial charge in [0, 0.05) is 0 Å². The van der Waals surface area contributed by atoms with Crippen LogP contribution in [0.25, 0.3) is 0 Å². The fourth-order valence-electron chi connectivity index (χ4n) is 10.5. The molecule has 10 rings (SSSR count). The lowest BCUT2D eigenvalue weighted by Gasteiger charge is -2.57. The third-order valence-electron chi connectivity index (χ3n) is 11.0. The van der Waals surface area contributed by atoms with Gasteiger partial charge in [0.1, 0.15) is 5.78 Å². The van der Waals surface area contributed by atoms with E-state index in [1.807, 2.05) is 0 Å². The van der Waals surface area contributed by atoms with E-state index in [-0.39, 0.29) is 13.2 Å². The van der Waals surface area contributed by atoms with E-state index in [9.17, 15) is 4.79 Å². The third kappa shape index (κ3) is 7.37. The topological polar surface area (TPSA) is 17.1 Å². The van der Waals surface area contributed by atoms with Gasteiger partial charge in [0.15, 0.2) is 0 Å². The number of allylic oxidation sites excluding steroid dienone is 10. The molecule has 10 aliphatic rings. The molecular weight excluding hydrogens is 472 g/mol. The maximum Gasteiger partial charge on any atom is 0.126 e. The summed E-state index contributed by atoms with van der Waals surface area (Å²) >= 11 is 0. The van der Waals surface area contributed by atoms with Crippen LogP contribution in [0.2, 0.25) is 0 Å². The standard InChI is InChI=1S/C18H24.C11H18.C5H6.C3H6O.CH4/c1-12(2)16-3-4-17(8-16)18-9-13-5-14(10-18)7-15(6-13)11-18;1-11-5-8-2-9(6-11)4-10(3-8)7-11;1-2-4-5-3-1;1-3(2)4;/h3-4,8,13-15H,5-7,9-11H2,1-2H3;8-10H,2-7H2,1H3;1-4H,5H2;1-2H3;1H4. The summed E-state index contributed by atoms with van der Waals surface area (Å²) in [6.45, 7) is 10.1. The number of carbonyl (C=O) groups is 1. The number of hydrogen-bond acceptors (Lipinski definition) is 1. The zero-order chi connectivity index (χ0) is 26.9. The second-order valence-electron chi connectivity index (χ2n) is 15.3. The molecule has 8 fully saturated rings. The largest absolute Gasteiger partial charge is 0.300 e. The summed E-state index contributed by atoms with van der Waals surface area (Å²) in [4.78, 5) is 9.44. The zero-order valence-corrected chi connectivity index (χ0v) is 25.1. The average Bonchev–Trinajstić information content (AvgIpc) is 3.53. The Balaban J connectivity index is 0.000000143. The Bertz CT molecular complexity index is 938. The molecule has 216 valence electrons. The van der Waals surface area contributed by atoms with E-state index >= 15 is 0 Å². The molecule has 10 aliphatic carbocycles. The van der Waals surface area contributed by atoms with Crippen LogP contribution in [0.1, 0.15) is 126 Å². The molecule has 0 aromatic carbocycles. The Kier molecular flexibility index (Phi) is 9.71. The van der Waals surface area contributed by atoms with Crippen LogP contribution in [-0.4, -0.2) is 5.78 Å². The minimum atomic E-state index is 0. The van der Waals surface area contributed by atoms with Crippen LogP contribution in [0.4, 0.5) is 0 Å². The van der Waals surface area contributed by atoms with Crippen LogP contribution < -0.4 is 0 Å². The van der Waals surface area contributed by atoms with Crippen LogP contribution in [0, 0.1) is 46.3 Å². The molecule has 0 saturated heterocycles. The lowest BCUT2D eigenvalue weighted by atomic mass is 9.48. The first kappa shape index (κ1) is 30.3. The van der Waals surface area contributed by atoms with Gasteiger partial charge in [-0.05, 0) is 169 Å². The first-order valence-electron chi connectivity index (χ1n) is 16.0. The summed E-state index contributed by atoms with van der Waals surface area (Å²) in [5.41, 5.74) is 6.00. The van der Waals surface area contributed by atoms with Gasteiger partial charge in [0.2, 0.25) is 0 Å². The number of hydrogen-bond donors (Lipinski definition) is 0. The molecular formula is C38H58O. The highest BCUT2D eigenvalue weighted by atomic mass is 16.1. The van der Waals surface area contributed by atoms with Crippen molar-refractivity contribution in [3.05, 3.63) is 59.3 Å². The van der Waals surface area contributed by atoms with Gasteiger partial charge >= 0.3 is 0 Å². The van der Waals surface area contributed by atoms with E-state index in [1.165, 1.54) is 44.3 Å². The van der Waals surface area contributed by atoms with Crippen molar-refractivity contribution in [2.75, 3.05) is 0 Å². The summed E-state index contributed by atoms with van der Waals surface area (Å²) < 4.78 is 0. The van der Waals surface area contributed by atoms with Crippen molar-refractivity contribution in [2.24, 2.45) is 46.3 Å². The molecule has 0 aromatic rings. The van der Waals surface area contributed by atoms with Gasteiger partial charge < -0.3 is 4.79 Å².